The molecule has 0 unspecified atom stereocenters. The van der Waals surface area contributed by atoms with Crippen molar-refractivity contribution in [3.8, 4) is 0 Å². The zero-order valence-corrected chi connectivity index (χ0v) is 16.5. The summed E-state index contributed by atoms with van der Waals surface area (Å²) in [6.45, 7) is 2.80. The second kappa shape index (κ2) is 9.07. The average Bonchev–Trinajstić information content (AvgIpc) is 2.98. The van der Waals surface area contributed by atoms with Gasteiger partial charge in [0, 0.05) is 20.6 Å². The van der Waals surface area contributed by atoms with Crippen molar-refractivity contribution < 1.29 is 4.79 Å². The molecule has 0 aliphatic carbocycles. The minimum atomic E-state index is -0.449. The summed E-state index contributed by atoms with van der Waals surface area (Å²) in [7, 11) is 3.05. The maximum atomic E-state index is 12.6. The zero-order chi connectivity index (χ0) is 19.3. The zero-order valence-electron chi connectivity index (χ0n) is 15.7. The number of fused-ring (bicyclic) bond motifs is 1. The van der Waals surface area contributed by atoms with E-state index in [-0.39, 0.29) is 11.3 Å². The molecule has 2 rings (SSSR count). The summed E-state index contributed by atoms with van der Waals surface area (Å²) in [5, 5.41) is 0.547. The van der Waals surface area contributed by atoms with Crippen LogP contribution in [0.15, 0.2) is 14.7 Å². The Balaban J connectivity index is 2.36. The van der Waals surface area contributed by atoms with Crippen LogP contribution in [-0.4, -0.2) is 30.3 Å². The van der Waals surface area contributed by atoms with Gasteiger partial charge in [-0.1, -0.05) is 50.8 Å². The van der Waals surface area contributed by atoms with Crippen LogP contribution >= 0.6 is 11.8 Å². The molecule has 0 bridgehead atoms. The first kappa shape index (κ1) is 20.3. The van der Waals surface area contributed by atoms with Crippen molar-refractivity contribution in [3.05, 3.63) is 20.8 Å². The van der Waals surface area contributed by atoms with Crippen LogP contribution in [0.3, 0.4) is 0 Å². The highest BCUT2D eigenvalue weighted by Crippen LogP contribution is 2.22. The van der Waals surface area contributed by atoms with E-state index in [4.69, 9.17) is 5.73 Å². The van der Waals surface area contributed by atoms with Gasteiger partial charge in [-0.3, -0.25) is 18.7 Å². The van der Waals surface area contributed by atoms with E-state index in [2.05, 4.69) is 11.9 Å². The molecule has 9 heteroatoms. The molecule has 0 spiro atoms. The summed E-state index contributed by atoms with van der Waals surface area (Å²) < 4.78 is 4.28. The molecule has 2 aromatic rings. The molecule has 0 aliphatic rings. The van der Waals surface area contributed by atoms with Crippen molar-refractivity contribution in [2.24, 2.45) is 19.8 Å². The van der Waals surface area contributed by atoms with Crippen LogP contribution in [0.25, 0.3) is 11.2 Å². The Morgan fingerprint density at radius 3 is 2.38 bits per heavy atom. The molecular formula is C17H27N5O3S. The van der Waals surface area contributed by atoms with E-state index >= 15 is 0 Å². The molecule has 1 amide bonds. The number of rotatable bonds is 10. The monoisotopic (exact) mass is 381 g/mol. The van der Waals surface area contributed by atoms with Gasteiger partial charge in [0.1, 0.15) is 0 Å². The molecule has 0 saturated heterocycles. The molecule has 0 atom stereocenters. The first-order chi connectivity index (χ1) is 12.4. The Hall–Kier alpha value is -2.03. The molecule has 2 aromatic heterocycles. The third-order valence-electron chi connectivity index (χ3n) is 4.39. The molecule has 8 nitrogen and oxygen atoms in total. The highest BCUT2D eigenvalue weighted by atomic mass is 32.2. The molecule has 2 N–H and O–H groups in total. The molecule has 0 fully saturated rings. The maximum Gasteiger partial charge on any atom is 0.332 e. The van der Waals surface area contributed by atoms with E-state index < -0.39 is 11.6 Å². The van der Waals surface area contributed by atoms with Crippen LogP contribution in [0, 0.1) is 0 Å². The molecule has 0 radical (unpaired) electrons. The van der Waals surface area contributed by atoms with Crippen molar-refractivity contribution in [2.75, 3.05) is 5.75 Å². The quantitative estimate of drug-likeness (QED) is 0.494. The summed E-state index contributed by atoms with van der Waals surface area (Å²) >= 11 is 1.20. The Morgan fingerprint density at radius 2 is 1.73 bits per heavy atom. The number of nitrogens with zero attached hydrogens (tertiary/aromatic N) is 4. The summed E-state index contributed by atoms with van der Waals surface area (Å²) in [5.41, 5.74) is 5.20. The first-order valence-electron chi connectivity index (χ1n) is 8.95. The lowest BCUT2D eigenvalue weighted by Crippen LogP contribution is -2.37. The predicted octanol–water partition coefficient (Wildman–Crippen LogP) is 1.37. The van der Waals surface area contributed by atoms with E-state index in [1.54, 1.807) is 7.05 Å². The van der Waals surface area contributed by atoms with E-state index in [9.17, 15) is 14.4 Å². The van der Waals surface area contributed by atoms with Crippen molar-refractivity contribution in [3.63, 3.8) is 0 Å². The number of aryl methyl sites for hydroxylation is 2. The minimum Gasteiger partial charge on any atom is -0.369 e. The number of carbonyl (C=O) groups excluding carboxylic acids is 1. The van der Waals surface area contributed by atoms with Gasteiger partial charge < -0.3 is 10.3 Å². The summed E-state index contributed by atoms with van der Waals surface area (Å²) in [6.07, 6.45) is 6.76. The number of thioether (sulfide) groups is 1. The highest BCUT2D eigenvalue weighted by molar-refractivity contribution is 7.99. The Morgan fingerprint density at radius 1 is 1.08 bits per heavy atom. The van der Waals surface area contributed by atoms with Gasteiger partial charge in [0.05, 0.1) is 5.75 Å². The van der Waals surface area contributed by atoms with Crippen LogP contribution in [0.2, 0.25) is 0 Å². The van der Waals surface area contributed by atoms with Crippen LogP contribution in [0.5, 0.6) is 0 Å². The molecule has 26 heavy (non-hydrogen) atoms. The molecule has 0 aromatic carbocycles. The number of imidazole rings is 1. The molecule has 144 valence electrons. The van der Waals surface area contributed by atoms with E-state index in [0.717, 1.165) is 23.8 Å². The Labute approximate surface area is 156 Å². The van der Waals surface area contributed by atoms with Gasteiger partial charge in [0.2, 0.25) is 5.91 Å². The lowest BCUT2D eigenvalue weighted by Gasteiger charge is -2.09. The van der Waals surface area contributed by atoms with Crippen molar-refractivity contribution >= 4 is 28.8 Å². The molecule has 0 aliphatic heterocycles. The van der Waals surface area contributed by atoms with Gasteiger partial charge >= 0.3 is 5.69 Å². The fourth-order valence-corrected chi connectivity index (χ4v) is 3.69. The average molecular weight is 382 g/mol. The number of nitrogens with two attached hydrogens (primary N) is 1. The van der Waals surface area contributed by atoms with Crippen LogP contribution in [0.4, 0.5) is 0 Å². The number of unbranched alkanes of at least 4 members (excludes halogenated alkanes) is 5. The third kappa shape index (κ3) is 4.38. The Bertz CT molecular complexity index is 896. The largest absolute Gasteiger partial charge is 0.369 e. The normalized spacial score (nSPS) is 11.3. The SMILES string of the molecule is CCCCCCCCn1c(SCC(N)=O)nc2c1c(=O)n(C)c(=O)n2C. The van der Waals surface area contributed by atoms with E-state index in [1.807, 2.05) is 4.57 Å². The first-order valence-corrected chi connectivity index (χ1v) is 9.94. The molecule has 0 saturated carbocycles. The number of aromatic nitrogens is 4. The van der Waals surface area contributed by atoms with Gasteiger partial charge in [-0.05, 0) is 6.42 Å². The smallest absolute Gasteiger partial charge is 0.332 e. The van der Waals surface area contributed by atoms with Crippen molar-refractivity contribution in [2.45, 2.75) is 57.1 Å². The number of primary amides is 1. The topological polar surface area (TPSA) is 105 Å². The lowest BCUT2D eigenvalue weighted by molar-refractivity contribution is -0.115. The van der Waals surface area contributed by atoms with Crippen LogP contribution in [-0.2, 0) is 25.4 Å². The van der Waals surface area contributed by atoms with Crippen LogP contribution < -0.4 is 17.0 Å². The fourth-order valence-electron chi connectivity index (χ4n) is 2.93. The minimum absolute atomic E-state index is 0.0775. The standard InChI is InChI=1S/C17H27N5O3S/c1-4-5-6-7-8-9-10-22-13-14(19-16(22)26-11-12(18)23)20(2)17(25)21(3)15(13)24/h4-11H2,1-3H3,(H2,18,23). The lowest BCUT2D eigenvalue weighted by atomic mass is 10.1. The molecular weight excluding hydrogens is 354 g/mol. The van der Waals surface area contributed by atoms with E-state index in [1.165, 1.54) is 42.6 Å². The number of carbonyl (C=O) groups is 1. The summed E-state index contributed by atoms with van der Waals surface area (Å²) in [4.78, 5) is 40.4. The third-order valence-corrected chi connectivity index (χ3v) is 5.39. The second-order valence-corrected chi connectivity index (χ2v) is 7.39. The van der Waals surface area contributed by atoms with Crippen molar-refractivity contribution in [1.29, 1.82) is 0 Å². The van der Waals surface area contributed by atoms with Gasteiger partial charge in [-0.2, -0.15) is 0 Å². The summed E-state index contributed by atoms with van der Waals surface area (Å²) in [5.74, 6) is -0.372. The number of amides is 1. The van der Waals surface area contributed by atoms with E-state index in [0.29, 0.717) is 22.9 Å². The maximum absolute atomic E-state index is 12.6. The van der Waals surface area contributed by atoms with Gasteiger partial charge in [-0.15, -0.1) is 0 Å². The van der Waals surface area contributed by atoms with Gasteiger partial charge in [-0.25, -0.2) is 9.78 Å². The number of hydrogen-bond donors (Lipinski definition) is 1. The van der Waals surface area contributed by atoms with Gasteiger partial charge in [0.15, 0.2) is 16.3 Å². The second-order valence-electron chi connectivity index (χ2n) is 6.45. The molecule has 2 heterocycles. The predicted molar refractivity (Wildman–Crippen MR) is 104 cm³/mol. The van der Waals surface area contributed by atoms with Gasteiger partial charge in [0.25, 0.3) is 5.56 Å². The number of hydrogen-bond acceptors (Lipinski definition) is 5. The summed E-state index contributed by atoms with van der Waals surface area (Å²) in [6, 6.07) is 0. The fraction of sp³-hybridized carbons (Fsp3) is 0.647. The Kier molecular flexibility index (Phi) is 7.07. The highest BCUT2D eigenvalue weighted by Gasteiger charge is 2.19. The van der Waals surface area contributed by atoms with Crippen LogP contribution in [0.1, 0.15) is 45.4 Å². The van der Waals surface area contributed by atoms with Crippen molar-refractivity contribution in [1.82, 2.24) is 18.7 Å².